The van der Waals surface area contributed by atoms with Crippen molar-refractivity contribution in [3.05, 3.63) is 52.8 Å². The summed E-state index contributed by atoms with van der Waals surface area (Å²) in [5.74, 6) is 0.484. The third kappa shape index (κ3) is 3.47. The fourth-order valence-corrected chi connectivity index (χ4v) is 2.70. The molecule has 2 heterocycles. The average Bonchev–Trinajstić information content (AvgIpc) is 2.68. The molecule has 0 spiro atoms. The molecule has 8 heteroatoms. The lowest BCUT2D eigenvalue weighted by Gasteiger charge is -2.11. The van der Waals surface area contributed by atoms with E-state index in [9.17, 15) is 9.90 Å². The second-order valence-electron chi connectivity index (χ2n) is 5.78. The molecule has 0 radical (unpaired) electrons. The zero-order valence-corrected chi connectivity index (χ0v) is 15.1. The molecule has 8 nitrogen and oxygen atoms in total. The highest BCUT2D eigenvalue weighted by atomic mass is 16.5. The summed E-state index contributed by atoms with van der Waals surface area (Å²) in [5, 5.41) is 20.8. The summed E-state index contributed by atoms with van der Waals surface area (Å²) in [6.07, 6.45) is 1.52. The molecule has 0 saturated heterocycles. The van der Waals surface area contributed by atoms with Crippen LogP contribution in [0.15, 0.2) is 34.9 Å². The first kappa shape index (κ1) is 18.4. The molecule has 0 saturated carbocycles. The van der Waals surface area contributed by atoms with E-state index in [2.05, 4.69) is 10.3 Å². The number of pyridine rings is 1. The Labute approximate surface area is 154 Å². The largest absolute Gasteiger partial charge is 0.493 e. The van der Waals surface area contributed by atoms with Gasteiger partial charge in [0.1, 0.15) is 5.56 Å². The van der Waals surface area contributed by atoms with Gasteiger partial charge in [-0.05, 0) is 25.1 Å². The van der Waals surface area contributed by atoms with Gasteiger partial charge >= 0.3 is 0 Å². The molecule has 0 aliphatic heterocycles. The molecule has 1 amide bonds. The lowest BCUT2D eigenvalue weighted by Crippen LogP contribution is -2.21. The van der Waals surface area contributed by atoms with Gasteiger partial charge in [0.15, 0.2) is 17.1 Å². The summed E-state index contributed by atoms with van der Waals surface area (Å²) in [5.41, 5.74) is 1.68. The maximum absolute atomic E-state index is 12.7. The number of rotatable bonds is 5. The Kier molecular flexibility index (Phi) is 5.09. The van der Waals surface area contributed by atoms with Crippen LogP contribution in [0.2, 0.25) is 0 Å². The van der Waals surface area contributed by atoms with Crippen LogP contribution in [0.1, 0.15) is 21.6 Å². The number of amides is 1. The van der Waals surface area contributed by atoms with Crippen molar-refractivity contribution in [2.24, 2.45) is 0 Å². The summed E-state index contributed by atoms with van der Waals surface area (Å²) in [7, 11) is 3.02. The summed E-state index contributed by atoms with van der Waals surface area (Å²) in [6.45, 7) is 1.48. The summed E-state index contributed by atoms with van der Waals surface area (Å²) in [6, 6.07) is 6.47. The first-order valence-electron chi connectivity index (χ1n) is 8.09. The van der Waals surface area contributed by atoms with Crippen molar-refractivity contribution >= 4 is 22.6 Å². The number of aromatic nitrogens is 1. The first-order chi connectivity index (χ1) is 13.0. The van der Waals surface area contributed by atoms with Gasteiger partial charge in [-0.25, -0.2) is 0 Å². The monoisotopic (exact) mass is 369 g/mol. The number of aryl methyl sites for hydroxylation is 1. The number of fused-ring (bicyclic) bond motifs is 1. The topological polar surface area (TPSA) is 118 Å². The van der Waals surface area contributed by atoms with Gasteiger partial charge in [0.05, 0.1) is 26.5 Å². The second kappa shape index (κ2) is 7.46. The molecule has 3 N–H and O–H groups in total. The van der Waals surface area contributed by atoms with Crippen molar-refractivity contribution in [1.29, 1.82) is 5.41 Å². The third-order valence-electron chi connectivity index (χ3n) is 4.13. The highest BCUT2D eigenvalue weighted by Gasteiger charge is 2.16. The Morgan fingerprint density at radius 3 is 2.67 bits per heavy atom. The number of carbonyl (C=O) groups excluding carboxylic acids is 1. The number of aliphatic hydroxyl groups excluding tert-OH is 1. The molecule has 0 atom stereocenters. The Morgan fingerprint density at radius 2 is 2.00 bits per heavy atom. The number of ether oxygens (including phenoxy) is 2. The zero-order chi connectivity index (χ0) is 19.6. The standard InChI is InChI=1S/C19H19N3O5/c1-10-17-13(11(9-23)8-21-10)7-14(18(20)27-17)19(24)22-12-4-5-15(25-2)16(6-12)26-3/h4-8,20,23H,9H2,1-3H3,(H,22,24). The van der Waals surface area contributed by atoms with Crippen molar-refractivity contribution in [3.63, 3.8) is 0 Å². The molecule has 0 aliphatic carbocycles. The number of benzene rings is 1. The van der Waals surface area contributed by atoms with Crippen LogP contribution < -0.4 is 20.3 Å². The highest BCUT2D eigenvalue weighted by Crippen LogP contribution is 2.30. The Hall–Kier alpha value is -3.39. The van der Waals surface area contributed by atoms with Crippen molar-refractivity contribution in [2.75, 3.05) is 19.5 Å². The first-order valence-corrected chi connectivity index (χ1v) is 8.09. The van der Waals surface area contributed by atoms with Crippen LogP contribution in [0.5, 0.6) is 11.5 Å². The number of hydrogen-bond donors (Lipinski definition) is 3. The summed E-state index contributed by atoms with van der Waals surface area (Å²) in [4.78, 5) is 16.8. The zero-order valence-electron chi connectivity index (χ0n) is 15.1. The smallest absolute Gasteiger partial charge is 0.261 e. The van der Waals surface area contributed by atoms with Crippen molar-refractivity contribution in [3.8, 4) is 11.5 Å². The summed E-state index contributed by atoms with van der Waals surface area (Å²) >= 11 is 0. The SMILES string of the molecule is COc1ccc(NC(=O)c2cc3c(CO)cnc(C)c3oc2=N)cc1OC. The molecule has 3 rings (SSSR count). The third-order valence-corrected chi connectivity index (χ3v) is 4.13. The minimum absolute atomic E-state index is 0.0394. The molecular weight excluding hydrogens is 350 g/mol. The molecule has 0 fully saturated rings. The van der Waals surface area contributed by atoms with Crippen LogP contribution in [-0.2, 0) is 6.61 Å². The van der Waals surface area contributed by atoms with Gasteiger partial charge in [-0.1, -0.05) is 0 Å². The fourth-order valence-electron chi connectivity index (χ4n) is 2.70. The maximum atomic E-state index is 12.7. The quantitative estimate of drug-likeness (QED) is 0.635. The predicted octanol–water partition coefficient (Wildman–Crippen LogP) is 2.38. The maximum Gasteiger partial charge on any atom is 0.261 e. The number of carbonyl (C=O) groups is 1. The molecule has 1 aromatic carbocycles. The van der Waals surface area contributed by atoms with Gasteiger partial charge in [0.2, 0.25) is 5.55 Å². The molecule has 0 bridgehead atoms. The average molecular weight is 369 g/mol. The molecule has 140 valence electrons. The van der Waals surface area contributed by atoms with E-state index in [1.807, 2.05) is 0 Å². The minimum atomic E-state index is -0.517. The van der Waals surface area contributed by atoms with Crippen LogP contribution in [-0.4, -0.2) is 30.2 Å². The van der Waals surface area contributed by atoms with E-state index in [1.54, 1.807) is 25.1 Å². The number of anilines is 1. The molecule has 0 aliphatic rings. The van der Waals surface area contributed by atoms with Gasteiger partial charge in [0, 0.05) is 28.9 Å². The number of nitrogens with one attached hydrogen (secondary N) is 2. The van der Waals surface area contributed by atoms with E-state index in [-0.39, 0.29) is 17.7 Å². The molecule has 2 aromatic heterocycles. The van der Waals surface area contributed by atoms with Gasteiger partial charge in [0.25, 0.3) is 5.91 Å². The van der Waals surface area contributed by atoms with E-state index in [0.29, 0.717) is 39.4 Å². The van der Waals surface area contributed by atoms with E-state index in [0.717, 1.165) is 0 Å². The van der Waals surface area contributed by atoms with Crippen LogP contribution in [0.4, 0.5) is 5.69 Å². The Bertz CT molecular complexity index is 1070. The van der Waals surface area contributed by atoms with E-state index in [4.69, 9.17) is 19.3 Å². The molecule has 3 aromatic rings. The molecule has 0 unspecified atom stereocenters. The normalized spacial score (nSPS) is 10.7. The lowest BCUT2D eigenvalue weighted by molar-refractivity contribution is 0.102. The van der Waals surface area contributed by atoms with E-state index in [1.165, 1.54) is 26.5 Å². The Balaban J connectivity index is 2.01. The number of methoxy groups -OCH3 is 2. The van der Waals surface area contributed by atoms with Gasteiger partial charge < -0.3 is 24.3 Å². The van der Waals surface area contributed by atoms with Crippen LogP contribution in [0.3, 0.4) is 0 Å². The minimum Gasteiger partial charge on any atom is -0.493 e. The van der Waals surface area contributed by atoms with Crippen LogP contribution >= 0.6 is 0 Å². The number of nitrogens with zero attached hydrogens (tertiary/aromatic N) is 1. The number of hydrogen-bond acceptors (Lipinski definition) is 7. The van der Waals surface area contributed by atoms with E-state index >= 15 is 0 Å². The number of aliphatic hydroxyl groups is 1. The van der Waals surface area contributed by atoms with Gasteiger partial charge in [-0.2, -0.15) is 0 Å². The second-order valence-corrected chi connectivity index (χ2v) is 5.78. The lowest BCUT2D eigenvalue weighted by atomic mass is 10.1. The van der Waals surface area contributed by atoms with Crippen molar-refractivity contribution in [1.82, 2.24) is 4.98 Å². The predicted molar refractivity (Wildman–Crippen MR) is 98.0 cm³/mol. The fraction of sp³-hybridized carbons (Fsp3) is 0.211. The van der Waals surface area contributed by atoms with Gasteiger partial charge in [-0.3, -0.25) is 15.2 Å². The van der Waals surface area contributed by atoms with Crippen LogP contribution in [0.25, 0.3) is 11.0 Å². The van der Waals surface area contributed by atoms with Crippen molar-refractivity contribution in [2.45, 2.75) is 13.5 Å². The van der Waals surface area contributed by atoms with E-state index < -0.39 is 5.91 Å². The van der Waals surface area contributed by atoms with Gasteiger partial charge in [-0.15, -0.1) is 0 Å². The molecule has 27 heavy (non-hydrogen) atoms. The Morgan fingerprint density at radius 1 is 1.26 bits per heavy atom. The van der Waals surface area contributed by atoms with Crippen LogP contribution in [0, 0.1) is 12.3 Å². The summed E-state index contributed by atoms with van der Waals surface area (Å²) < 4.78 is 15.9. The van der Waals surface area contributed by atoms with Crippen molar-refractivity contribution < 1.29 is 23.8 Å². The highest BCUT2D eigenvalue weighted by molar-refractivity contribution is 6.05. The molecular formula is C19H19N3O5.